The number of rotatable bonds is 4. The molecule has 2 heterocycles. The first-order chi connectivity index (χ1) is 12.2. The lowest BCUT2D eigenvalue weighted by atomic mass is 10.1. The zero-order chi connectivity index (χ0) is 18.9. The third-order valence-electron chi connectivity index (χ3n) is 4.44. The molecule has 1 aliphatic rings. The van der Waals surface area contributed by atoms with Gasteiger partial charge in [0.25, 0.3) is 0 Å². The fourth-order valence-corrected chi connectivity index (χ4v) is 4.51. The number of aromatic nitrogens is 2. The smallest absolute Gasteiger partial charge is 0.347 e. The Labute approximate surface area is 149 Å². The fourth-order valence-electron chi connectivity index (χ4n) is 3.00. The van der Waals surface area contributed by atoms with Gasteiger partial charge in [-0.05, 0) is 18.7 Å². The molecule has 3 rings (SSSR count). The molecule has 1 aliphatic heterocycles. The van der Waals surface area contributed by atoms with Crippen LogP contribution >= 0.6 is 0 Å². The van der Waals surface area contributed by atoms with Gasteiger partial charge in [-0.2, -0.15) is 17.5 Å². The first-order valence-electron chi connectivity index (χ1n) is 8.00. The van der Waals surface area contributed by atoms with Crippen LogP contribution in [-0.4, -0.2) is 54.3 Å². The van der Waals surface area contributed by atoms with Gasteiger partial charge in [-0.3, -0.25) is 4.90 Å². The number of H-pyrrole nitrogens is 1. The summed E-state index contributed by atoms with van der Waals surface area (Å²) >= 11 is 0. The van der Waals surface area contributed by atoms with Gasteiger partial charge in [0.15, 0.2) is 0 Å². The number of likely N-dealkylation sites (N-methyl/N-ethyl adjacent to an activating group) is 1. The van der Waals surface area contributed by atoms with Crippen molar-refractivity contribution in [3.8, 4) is 0 Å². The number of hydrogen-bond acceptors (Lipinski definition) is 4. The second-order valence-electron chi connectivity index (χ2n) is 6.28. The Morgan fingerprint density at radius 3 is 2.73 bits per heavy atom. The molecular weight excluding hydrogens is 369 g/mol. The predicted molar refractivity (Wildman–Crippen MR) is 89.6 cm³/mol. The Balaban J connectivity index is 1.78. The van der Waals surface area contributed by atoms with Crippen molar-refractivity contribution in [2.45, 2.75) is 18.0 Å². The van der Waals surface area contributed by atoms with Crippen molar-refractivity contribution in [2.24, 2.45) is 0 Å². The Bertz CT molecular complexity index is 853. The second kappa shape index (κ2) is 7.01. The molecule has 1 aromatic carbocycles. The van der Waals surface area contributed by atoms with E-state index >= 15 is 0 Å². The highest BCUT2D eigenvalue weighted by Crippen LogP contribution is 2.30. The SMILES string of the molecule is CN1CCN(S(=O)(=O)Cc2cccc(C(F)(F)F)c2)C[C@@H]1c1ncc[nH]1. The van der Waals surface area contributed by atoms with E-state index in [0.29, 0.717) is 12.4 Å². The number of benzene rings is 1. The van der Waals surface area contributed by atoms with Crippen LogP contribution in [0.15, 0.2) is 36.7 Å². The molecule has 0 bridgehead atoms. The largest absolute Gasteiger partial charge is 0.416 e. The van der Waals surface area contributed by atoms with Crippen molar-refractivity contribution in [1.29, 1.82) is 0 Å². The molecule has 0 spiro atoms. The number of alkyl halides is 3. The topological polar surface area (TPSA) is 69.3 Å². The van der Waals surface area contributed by atoms with Crippen molar-refractivity contribution < 1.29 is 21.6 Å². The third kappa shape index (κ3) is 4.08. The molecule has 142 valence electrons. The second-order valence-corrected chi connectivity index (χ2v) is 8.25. The molecule has 1 atom stereocenters. The summed E-state index contributed by atoms with van der Waals surface area (Å²) in [5.41, 5.74) is -0.731. The number of nitrogens with zero attached hydrogens (tertiary/aromatic N) is 3. The van der Waals surface area contributed by atoms with Crippen molar-refractivity contribution in [3.05, 3.63) is 53.6 Å². The molecule has 0 aliphatic carbocycles. The summed E-state index contributed by atoms with van der Waals surface area (Å²) in [4.78, 5) is 9.16. The summed E-state index contributed by atoms with van der Waals surface area (Å²) in [5, 5.41) is 0. The Kier molecular flexibility index (Phi) is 5.09. The minimum atomic E-state index is -4.50. The van der Waals surface area contributed by atoms with Gasteiger partial charge < -0.3 is 4.98 Å². The Morgan fingerprint density at radius 1 is 1.31 bits per heavy atom. The molecule has 1 saturated heterocycles. The molecule has 0 unspecified atom stereocenters. The summed E-state index contributed by atoms with van der Waals surface area (Å²) in [7, 11) is -1.87. The summed E-state index contributed by atoms with van der Waals surface area (Å²) < 4.78 is 65.3. The predicted octanol–water partition coefficient (Wildman–Crippen LogP) is 2.25. The van der Waals surface area contributed by atoms with Crippen LogP contribution in [0.2, 0.25) is 0 Å². The van der Waals surface area contributed by atoms with Crippen LogP contribution in [0.3, 0.4) is 0 Å². The van der Waals surface area contributed by atoms with Crippen LogP contribution in [0.4, 0.5) is 13.2 Å². The van der Waals surface area contributed by atoms with Gasteiger partial charge in [-0.1, -0.05) is 18.2 Å². The summed E-state index contributed by atoms with van der Waals surface area (Å²) in [6.07, 6.45) is -1.24. The van der Waals surface area contributed by atoms with Crippen molar-refractivity contribution >= 4 is 10.0 Å². The number of halogens is 3. The maximum atomic E-state index is 12.8. The maximum Gasteiger partial charge on any atom is 0.416 e. The van der Waals surface area contributed by atoms with Gasteiger partial charge in [-0.25, -0.2) is 13.4 Å². The monoisotopic (exact) mass is 388 g/mol. The number of sulfonamides is 1. The lowest BCUT2D eigenvalue weighted by Crippen LogP contribution is -2.49. The zero-order valence-corrected chi connectivity index (χ0v) is 14.9. The summed E-state index contributed by atoms with van der Waals surface area (Å²) in [5.74, 6) is 0.192. The van der Waals surface area contributed by atoms with E-state index in [1.54, 1.807) is 12.4 Å². The van der Waals surface area contributed by atoms with E-state index in [1.165, 1.54) is 16.4 Å². The van der Waals surface area contributed by atoms with Crippen molar-refractivity contribution in [2.75, 3.05) is 26.7 Å². The van der Waals surface area contributed by atoms with E-state index in [1.807, 2.05) is 11.9 Å². The van der Waals surface area contributed by atoms with E-state index in [9.17, 15) is 21.6 Å². The summed E-state index contributed by atoms with van der Waals surface area (Å²) in [6, 6.07) is 4.21. The minimum absolute atomic E-state index is 0.119. The van der Waals surface area contributed by atoms with E-state index in [2.05, 4.69) is 9.97 Å². The molecule has 26 heavy (non-hydrogen) atoms. The van der Waals surface area contributed by atoms with Gasteiger partial charge in [0.2, 0.25) is 10.0 Å². The highest BCUT2D eigenvalue weighted by atomic mass is 32.2. The van der Waals surface area contributed by atoms with Crippen molar-refractivity contribution in [1.82, 2.24) is 19.2 Å². The molecule has 2 aromatic rings. The first-order valence-corrected chi connectivity index (χ1v) is 9.61. The molecule has 1 fully saturated rings. The molecule has 6 nitrogen and oxygen atoms in total. The van der Waals surface area contributed by atoms with Crippen LogP contribution in [0.25, 0.3) is 0 Å². The molecule has 0 saturated carbocycles. The zero-order valence-electron chi connectivity index (χ0n) is 14.1. The fraction of sp³-hybridized carbons (Fsp3) is 0.438. The third-order valence-corrected chi connectivity index (χ3v) is 6.26. The molecule has 0 radical (unpaired) electrons. The number of aromatic amines is 1. The lowest BCUT2D eigenvalue weighted by molar-refractivity contribution is -0.137. The van der Waals surface area contributed by atoms with E-state index in [4.69, 9.17) is 0 Å². The standard InChI is InChI=1S/C16H19F3N4O2S/c1-22-7-8-23(10-14(22)15-20-5-6-21-15)26(24,25)11-12-3-2-4-13(9-12)16(17,18)19/h2-6,9,14H,7-8,10-11H2,1H3,(H,20,21)/t14-/m1/s1. The van der Waals surface area contributed by atoms with Crippen LogP contribution < -0.4 is 0 Å². The average molecular weight is 388 g/mol. The quantitative estimate of drug-likeness (QED) is 0.872. The van der Waals surface area contributed by atoms with Crippen LogP contribution in [-0.2, 0) is 22.0 Å². The highest BCUT2D eigenvalue weighted by Gasteiger charge is 2.34. The minimum Gasteiger partial charge on any atom is -0.347 e. The van der Waals surface area contributed by atoms with E-state index < -0.39 is 27.5 Å². The van der Waals surface area contributed by atoms with Crippen molar-refractivity contribution in [3.63, 3.8) is 0 Å². The number of hydrogen-bond donors (Lipinski definition) is 1. The molecule has 0 amide bonds. The molecule has 1 aromatic heterocycles. The van der Waals surface area contributed by atoms with Gasteiger partial charge >= 0.3 is 6.18 Å². The van der Waals surface area contributed by atoms with Gasteiger partial charge in [0.1, 0.15) is 5.82 Å². The Hall–Kier alpha value is -1.91. The van der Waals surface area contributed by atoms with Gasteiger partial charge in [-0.15, -0.1) is 0 Å². The average Bonchev–Trinajstić information content (AvgIpc) is 3.08. The van der Waals surface area contributed by atoms with Crippen LogP contribution in [0.1, 0.15) is 23.0 Å². The Morgan fingerprint density at radius 2 is 2.08 bits per heavy atom. The molecule has 1 N–H and O–H groups in total. The molecule has 10 heteroatoms. The van der Waals surface area contributed by atoms with Crippen LogP contribution in [0.5, 0.6) is 0 Å². The first kappa shape index (κ1) is 18.9. The van der Waals surface area contributed by atoms with Crippen LogP contribution in [0, 0.1) is 0 Å². The maximum absolute atomic E-state index is 12.8. The lowest BCUT2D eigenvalue weighted by Gasteiger charge is -2.37. The number of nitrogens with one attached hydrogen (secondary N) is 1. The van der Waals surface area contributed by atoms with Gasteiger partial charge in [0.05, 0.1) is 17.4 Å². The summed E-state index contributed by atoms with van der Waals surface area (Å²) in [6.45, 7) is 0.994. The van der Waals surface area contributed by atoms with E-state index in [0.717, 1.165) is 12.1 Å². The normalized spacial score (nSPS) is 20.4. The number of imidazole rings is 1. The highest BCUT2D eigenvalue weighted by molar-refractivity contribution is 7.88. The van der Waals surface area contributed by atoms with Gasteiger partial charge in [0, 0.05) is 32.0 Å². The molecular formula is C16H19F3N4O2S. The number of piperazine rings is 1. The van der Waals surface area contributed by atoms with E-state index in [-0.39, 0.29) is 24.7 Å².